The third-order valence-electron chi connectivity index (χ3n) is 4.84. The molecule has 0 radical (unpaired) electrons. The minimum atomic E-state index is -0.670. The predicted molar refractivity (Wildman–Crippen MR) is 132 cm³/mol. The number of rotatable bonds is 10. The van der Waals surface area contributed by atoms with Crippen LogP contribution in [0.2, 0.25) is 0 Å². The van der Waals surface area contributed by atoms with Gasteiger partial charge in [0.25, 0.3) is 0 Å². The van der Waals surface area contributed by atoms with Crippen molar-refractivity contribution in [3.8, 4) is 0 Å². The van der Waals surface area contributed by atoms with E-state index in [-0.39, 0.29) is 24.3 Å². The van der Waals surface area contributed by atoms with Crippen molar-refractivity contribution in [2.45, 2.75) is 29.6 Å². The normalized spacial score (nSPS) is 11.0. The summed E-state index contributed by atoms with van der Waals surface area (Å²) in [6.07, 6.45) is -0.0949. The van der Waals surface area contributed by atoms with E-state index in [9.17, 15) is 19.2 Å². The molecule has 0 aliphatic heterocycles. The Hall–Kier alpha value is -4.04. The highest BCUT2D eigenvalue weighted by Crippen LogP contribution is 2.28. The second kappa shape index (κ2) is 12.4. The van der Waals surface area contributed by atoms with Gasteiger partial charge in [0.1, 0.15) is 5.71 Å². The zero-order valence-electron chi connectivity index (χ0n) is 19.2. The first-order chi connectivity index (χ1) is 16.9. The van der Waals surface area contributed by atoms with Crippen LogP contribution in [0.4, 0.5) is 0 Å². The van der Waals surface area contributed by atoms with Gasteiger partial charge in [0.05, 0.1) is 13.5 Å². The van der Waals surface area contributed by atoms with Crippen molar-refractivity contribution in [3.63, 3.8) is 0 Å². The van der Waals surface area contributed by atoms with E-state index < -0.39 is 17.7 Å². The molecule has 3 aromatic carbocycles. The van der Waals surface area contributed by atoms with Gasteiger partial charge in [-0.3, -0.25) is 14.4 Å². The number of carbonyl (C=O) groups excluding carboxylic acids is 4. The van der Waals surface area contributed by atoms with Crippen LogP contribution in [0.5, 0.6) is 0 Å². The van der Waals surface area contributed by atoms with Gasteiger partial charge in [-0.15, -0.1) is 0 Å². The number of ether oxygens (including phenoxy) is 1. The summed E-state index contributed by atoms with van der Waals surface area (Å²) in [5.41, 5.74) is 1.53. The fourth-order valence-electron chi connectivity index (χ4n) is 3.05. The number of ketones is 2. The average Bonchev–Trinajstić information content (AvgIpc) is 2.89. The molecule has 0 saturated carbocycles. The Balaban J connectivity index is 1.67. The molecule has 0 amide bonds. The number of methoxy groups -OCH3 is 1. The van der Waals surface area contributed by atoms with Crippen molar-refractivity contribution < 1.29 is 28.8 Å². The highest BCUT2D eigenvalue weighted by molar-refractivity contribution is 7.99. The van der Waals surface area contributed by atoms with Crippen LogP contribution in [0, 0.1) is 0 Å². The highest BCUT2D eigenvalue weighted by atomic mass is 32.2. The molecular weight excluding hydrogens is 466 g/mol. The topological polar surface area (TPSA) is 99.1 Å². The quantitative estimate of drug-likeness (QED) is 0.128. The largest absolute Gasteiger partial charge is 0.469 e. The second-order valence-electron chi connectivity index (χ2n) is 7.37. The Morgan fingerprint density at radius 1 is 0.743 bits per heavy atom. The molecule has 7 nitrogen and oxygen atoms in total. The van der Waals surface area contributed by atoms with Gasteiger partial charge in [-0.1, -0.05) is 47.2 Å². The predicted octanol–water partition coefficient (Wildman–Crippen LogP) is 5.12. The van der Waals surface area contributed by atoms with Crippen molar-refractivity contribution in [3.05, 3.63) is 95.6 Å². The lowest BCUT2D eigenvalue weighted by molar-refractivity contribution is -0.141. The van der Waals surface area contributed by atoms with E-state index in [4.69, 9.17) is 0 Å². The molecular formula is C27H23NO6S. The van der Waals surface area contributed by atoms with Crippen molar-refractivity contribution >= 4 is 41.0 Å². The van der Waals surface area contributed by atoms with Crippen LogP contribution in [-0.2, 0) is 19.2 Å². The van der Waals surface area contributed by atoms with Gasteiger partial charge in [0, 0.05) is 39.8 Å². The smallest absolute Gasteiger partial charge is 0.331 e. The van der Waals surface area contributed by atoms with Gasteiger partial charge in [-0.05, 0) is 48.5 Å². The second-order valence-corrected chi connectivity index (χ2v) is 8.52. The minimum Gasteiger partial charge on any atom is -0.469 e. The molecule has 0 heterocycles. The zero-order chi connectivity index (χ0) is 25.2. The highest BCUT2D eigenvalue weighted by Gasteiger charge is 2.18. The Labute approximate surface area is 207 Å². The summed E-state index contributed by atoms with van der Waals surface area (Å²) in [4.78, 5) is 54.4. The van der Waals surface area contributed by atoms with Crippen LogP contribution in [-0.4, -0.2) is 36.3 Å². The summed E-state index contributed by atoms with van der Waals surface area (Å²) >= 11 is 1.48. The van der Waals surface area contributed by atoms with E-state index >= 15 is 0 Å². The summed E-state index contributed by atoms with van der Waals surface area (Å²) in [7, 11) is 1.25. The summed E-state index contributed by atoms with van der Waals surface area (Å²) < 4.78 is 4.59. The fraction of sp³-hybridized carbons (Fsp3) is 0.148. The SMILES string of the molecule is COC(=O)CC/C(=N\OC(C)=O)C(=O)c1ccc(Sc2ccc(C(=O)c3ccccc3)cc2)cc1. The van der Waals surface area contributed by atoms with E-state index in [1.807, 2.05) is 30.3 Å². The number of nitrogens with zero attached hydrogens (tertiary/aromatic N) is 1. The number of benzene rings is 3. The van der Waals surface area contributed by atoms with E-state index in [2.05, 4.69) is 14.7 Å². The van der Waals surface area contributed by atoms with Crippen molar-refractivity contribution in [2.24, 2.45) is 5.16 Å². The van der Waals surface area contributed by atoms with E-state index in [1.54, 1.807) is 48.5 Å². The molecule has 3 rings (SSSR count). The summed E-state index contributed by atoms with van der Waals surface area (Å²) in [6, 6.07) is 23.2. The number of hydrogen-bond acceptors (Lipinski definition) is 8. The van der Waals surface area contributed by atoms with Crippen molar-refractivity contribution in [2.75, 3.05) is 7.11 Å². The van der Waals surface area contributed by atoms with Crippen LogP contribution in [0.3, 0.4) is 0 Å². The van der Waals surface area contributed by atoms with E-state index in [0.717, 1.165) is 9.79 Å². The lowest BCUT2D eigenvalue weighted by atomic mass is 10.0. The lowest BCUT2D eigenvalue weighted by Crippen LogP contribution is -2.17. The van der Waals surface area contributed by atoms with Crippen LogP contribution >= 0.6 is 11.8 Å². The maximum absolute atomic E-state index is 12.8. The summed E-state index contributed by atoms with van der Waals surface area (Å²) in [6.45, 7) is 1.17. The zero-order valence-corrected chi connectivity index (χ0v) is 20.0. The van der Waals surface area contributed by atoms with Gasteiger partial charge in [0.15, 0.2) is 5.78 Å². The van der Waals surface area contributed by atoms with Crippen molar-refractivity contribution in [1.82, 2.24) is 0 Å². The summed E-state index contributed by atoms with van der Waals surface area (Å²) in [5.74, 6) is -1.66. The van der Waals surface area contributed by atoms with Gasteiger partial charge < -0.3 is 9.57 Å². The molecule has 35 heavy (non-hydrogen) atoms. The van der Waals surface area contributed by atoms with Crippen LogP contribution < -0.4 is 0 Å². The molecule has 0 aliphatic rings. The standard InChI is InChI=1S/C27H23NO6S/c1-18(29)34-28-24(16-17-25(30)33-2)27(32)21-10-14-23(15-11-21)35-22-12-8-20(9-13-22)26(31)19-6-4-3-5-7-19/h3-15H,16-17H2,1-2H3/b28-24+. The first kappa shape index (κ1) is 25.6. The van der Waals surface area contributed by atoms with Crippen molar-refractivity contribution in [1.29, 1.82) is 0 Å². The Morgan fingerprint density at radius 2 is 1.29 bits per heavy atom. The van der Waals surface area contributed by atoms with Crippen LogP contribution in [0.25, 0.3) is 0 Å². The molecule has 178 valence electrons. The number of carbonyl (C=O) groups is 4. The molecule has 3 aromatic rings. The number of oxime groups is 1. The molecule has 0 unspecified atom stereocenters. The maximum atomic E-state index is 12.8. The fourth-order valence-corrected chi connectivity index (χ4v) is 3.87. The molecule has 0 atom stereocenters. The first-order valence-corrected chi connectivity index (χ1v) is 11.5. The van der Waals surface area contributed by atoms with Gasteiger partial charge in [-0.2, -0.15) is 0 Å². The number of hydrogen-bond donors (Lipinski definition) is 0. The molecule has 8 heteroatoms. The van der Waals surface area contributed by atoms with Gasteiger partial charge >= 0.3 is 11.9 Å². The minimum absolute atomic E-state index is 0.0245. The Morgan fingerprint density at radius 3 is 1.83 bits per heavy atom. The molecule has 0 aliphatic carbocycles. The number of Topliss-reactive ketones (excluding diaryl/α,β-unsaturated/α-hetero) is 1. The lowest BCUT2D eigenvalue weighted by Gasteiger charge is -2.07. The molecule has 0 saturated heterocycles. The molecule has 0 bridgehead atoms. The van der Waals surface area contributed by atoms with Crippen LogP contribution in [0.15, 0.2) is 93.8 Å². The monoisotopic (exact) mass is 489 g/mol. The molecule has 0 aromatic heterocycles. The third kappa shape index (κ3) is 7.48. The third-order valence-corrected chi connectivity index (χ3v) is 5.86. The molecule has 0 spiro atoms. The van der Waals surface area contributed by atoms with Crippen LogP contribution in [0.1, 0.15) is 46.0 Å². The average molecular weight is 490 g/mol. The first-order valence-electron chi connectivity index (χ1n) is 10.7. The Bertz CT molecular complexity index is 1230. The molecule has 0 N–H and O–H groups in total. The number of esters is 1. The Kier molecular flexibility index (Phi) is 9.09. The van der Waals surface area contributed by atoms with E-state index in [1.165, 1.54) is 25.8 Å². The van der Waals surface area contributed by atoms with E-state index in [0.29, 0.717) is 16.7 Å². The van der Waals surface area contributed by atoms with Gasteiger partial charge in [0.2, 0.25) is 5.78 Å². The maximum Gasteiger partial charge on any atom is 0.331 e. The van der Waals surface area contributed by atoms with Gasteiger partial charge in [-0.25, -0.2) is 4.79 Å². The summed E-state index contributed by atoms with van der Waals surface area (Å²) in [5, 5.41) is 3.62. The molecule has 0 fully saturated rings.